The third kappa shape index (κ3) is 6.36. The van der Waals surface area contributed by atoms with Gasteiger partial charge < -0.3 is 10.2 Å². The minimum atomic E-state index is -1.05. The molecule has 0 amide bonds. The van der Waals surface area contributed by atoms with Crippen LogP contribution in [0, 0.1) is 0 Å². The predicted octanol–water partition coefficient (Wildman–Crippen LogP) is 1.68. The molecule has 24 heavy (non-hydrogen) atoms. The van der Waals surface area contributed by atoms with Crippen molar-refractivity contribution >= 4 is 82.9 Å². The zero-order valence-electron chi connectivity index (χ0n) is 11.4. The number of carboxylic acids is 2. The van der Waals surface area contributed by atoms with Crippen molar-refractivity contribution < 1.29 is 24.6 Å². The molecular formula is C17H14Na2O5. The van der Waals surface area contributed by atoms with Crippen LogP contribution in [-0.4, -0.2) is 87.0 Å². The van der Waals surface area contributed by atoms with E-state index in [9.17, 15) is 14.4 Å². The van der Waals surface area contributed by atoms with Gasteiger partial charge in [0.1, 0.15) is 0 Å². The van der Waals surface area contributed by atoms with Crippen molar-refractivity contribution in [2.24, 2.45) is 0 Å². The van der Waals surface area contributed by atoms with Gasteiger partial charge in [-0.3, -0.25) is 4.79 Å². The van der Waals surface area contributed by atoms with E-state index in [1.165, 1.54) is 42.5 Å². The van der Waals surface area contributed by atoms with Crippen LogP contribution in [0.1, 0.15) is 36.6 Å². The van der Waals surface area contributed by atoms with E-state index in [-0.39, 0.29) is 76.0 Å². The first kappa shape index (κ1) is 22.8. The molecule has 0 atom stereocenters. The van der Waals surface area contributed by atoms with Gasteiger partial charge >= 0.3 is 71.1 Å². The Balaban J connectivity index is 0.00000264. The average molecular weight is 344 g/mol. The number of rotatable bonds is 5. The molecule has 0 spiro atoms. The standard InChI is InChI=1S/C17H12O5.2Na.2H/c18-15(12-6-8-14(9-7-12)17(21)22)10-3-11-1-4-13(5-2-11)16(19)20;;;;/h1-10H,(H,19,20)(H,21,22);;;;. The van der Waals surface area contributed by atoms with Gasteiger partial charge in [0, 0.05) is 5.56 Å². The van der Waals surface area contributed by atoms with Crippen LogP contribution in [0.25, 0.3) is 6.08 Å². The van der Waals surface area contributed by atoms with Gasteiger partial charge in [0.2, 0.25) is 0 Å². The molecule has 0 aliphatic rings. The molecule has 0 aromatic heterocycles. The summed E-state index contributed by atoms with van der Waals surface area (Å²) in [7, 11) is 0. The number of hydrogen-bond acceptors (Lipinski definition) is 3. The topological polar surface area (TPSA) is 91.7 Å². The summed E-state index contributed by atoms with van der Waals surface area (Å²) in [6, 6.07) is 11.7. The molecule has 2 aromatic rings. The van der Waals surface area contributed by atoms with Crippen LogP contribution >= 0.6 is 0 Å². The number of hydrogen-bond donors (Lipinski definition) is 2. The van der Waals surface area contributed by atoms with E-state index in [0.717, 1.165) is 0 Å². The van der Waals surface area contributed by atoms with Gasteiger partial charge in [-0.25, -0.2) is 9.59 Å². The first-order chi connectivity index (χ1) is 10.5. The zero-order valence-corrected chi connectivity index (χ0v) is 11.4. The molecule has 0 saturated carbocycles. The molecule has 2 aromatic carbocycles. The van der Waals surface area contributed by atoms with E-state index in [1.54, 1.807) is 18.2 Å². The van der Waals surface area contributed by atoms with Gasteiger partial charge in [0.25, 0.3) is 0 Å². The van der Waals surface area contributed by atoms with Crippen molar-refractivity contribution in [1.82, 2.24) is 0 Å². The Bertz CT molecular complexity index is 750. The van der Waals surface area contributed by atoms with Crippen molar-refractivity contribution in [3.63, 3.8) is 0 Å². The monoisotopic (exact) mass is 344 g/mol. The summed E-state index contributed by atoms with van der Waals surface area (Å²) in [6.45, 7) is 0. The Morgan fingerprint density at radius 2 is 1.04 bits per heavy atom. The van der Waals surface area contributed by atoms with Crippen LogP contribution < -0.4 is 0 Å². The number of carbonyl (C=O) groups excluding carboxylic acids is 1. The quantitative estimate of drug-likeness (QED) is 0.489. The van der Waals surface area contributed by atoms with Crippen molar-refractivity contribution in [1.29, 1.82) is 0 Å². The second kappa shape index (κ2) is 10.6. The fourth-order valence-electron chi connectivity index (χ4n) is 1.78. The molecule has 0 saturated heterocycles. The molecule has 2 rings (SSSR count). The van der Waals surface area contributed by atoms with Gasteiger partial charge in [-0.05, 0) is 35.9 Å². The van der Waals surface area contributed by atoms with Crippen LogP contribution in [0.5, 0.6) is 0 Å². The van der Waals surface area contributed by atoms with Crippen LogP contribution in [0.2, 0.25) is 0 Å². The number of allylic oxidation sites excluding steroid dienone is 1. The predicted molar refractivity (Wildman–Crippen MR) is 94.5 cm³/mol. The Morgan fingerprint density at radius 3 is 1.46 bits per heavy atom. The van der Waals surface area contributed by atoms with E-state index in [1.807, 2.05) is 0 Å². The zero-order chi connectivity index (χ0) is 16.1. The van der Waals surface area contributed by atoms with Crippen molar-refractivity contribution in [3.8, 4) is 0 Å². The molecule has 0 unspecified atom stereocenters. The summed E-state index contributed by atoms with van der Waals surface area (Å²) in [5.41, 5.74) is 1.36. The second-order valence-corrected chi connectivity index (χ2v) is 4.51. The number of carboxylic acid groups (broad SMARTS) is 2. The van der Waals surface area contributed by atoms with E-state index in [2.05, 4.69) is 0 Å². The Labute approximate surface area is 183 Å². The molecule has 0 heterocycles. The number of aromatic carboxylic acids is 2. The Morgan fingerprint density at radius 1 is 0.667 bits per heavy atom. The molecule has 0 fully saturated rings. The molecule has 5 nitrogen and oxygen atoms in total. The van der Waals surface area contributed by atoms with E-state index in [0.29, 0.717) is 11.1 Å². The summed E-state index contributed by atoms with van der Waals surface area (Å²) >= 11 is 0. The third-order valence-electron chi connectivity index (χ3n) is 3.00. The Hall–Kier alpha value is -1.21. The van der Waals surface area contributed by atoms with Crippen molar-refractivity contribution in [3.05, 3.63) is 76.9 Å². The first-order valence-electron chi connectivity index (χ1n) is 6.36. The summed E-state index contributed by atoms with van der Waals surface area (Å²) in [4.78, 5) is 33.4. The molecule has 0 radical (unpaired) electrons. The van der Waals surface area contributed by atoms with Gasteiger partial charge in [0.05, 0.1) is 11.1 Å². The molecule has 114 valence electrons. The Kier molecular flexibility index (Phi) is 10.1. The van der Waals surface area contributed by atoms with Gasteiger partial charge in [-0.1, -0.05) is 30.3 Å². The van der Waals surface area contributed by atoms with Crippen molar-refractivity contribution in [2.45, 2.75) is 0 Å². The normalized spacial score (nSPS) is 9.67. The maximum absolute atomic E-state index is 11.9. The van der Waals surface area contributed by atoms with Crippen LogP contribution in [0.15, 0.2) is 54.6 Å². The summed E-state index contributed by atoms with van der Waals surface area (Å²) in [5, 5.41) is 17.6. The molecular weight excluding hydrogens is 330 g/mol. The second-order valence-electron chi connectivity index (χ2n) is 4.51. The average Bonchev–Trinajstić information content (AvgIpc) is 2.53. The molecule has 7 heteroatoms. The molecule has 2 N–H and O–H groups in total. The van der Waals surface area contributed by atoms with E-state index in [4.69, 9.17) is 10.2 Å². The van der Waals surface area contributed by atoms with Gasteiger partial charge in [-0.15, -0.1) is 0 Å². The first-order valence-corrected chi connectivity index (χ1v) is 6.36. The third-order valence-corrected chi connectivity index (χ3v) is 3.00. The number of benzene rings is 2. The molecule has 0 bridgehead atoms. The van der Waals surface area contributed by atoms with E-state index >= 15 is 0 Å². The summed E-state index contributed by atoms with van der Waals surface area (Å²) < 4.78 is 0. The molecule has 0 aliphatic heterocycles. The SMILES string of the molecule is O=C(O)c1ccc(C=CC(=O)c2ccc(C(=O)O)cc2)cc1.[NaH].[NaH]. The summed E-state index contributed by atoms with van der Waals surface area (Å²) in [5.74, 6) is -2.32. The van der Waals surface area contributed by atoms with Crippen LogP contribution in [0.3, 0.4) is 0 Å². The fourth-order valence-corrected chi connectivity index (χ4v) is 1.78. The molecule has 0 aliphatic carbocycles. The van der Waals surface area contributed by atoms with Gasteiger partial charge in [-0.2, -0.15) is 0 Å². The van der Waals surface area contributed by atoms with Gasteiger partial charge in [0.15, 0.2) is 5.78 Å². The maximum atomic E-state index is 11.9. The minimum absolute atomic E-state index is 0. The summed E-state index contributed by atoms with van der Waals surface area (Å²) in [6.07, 6.45) is 2.92. The van der Waals surface area contributed by atoms with Crippen LogP contribution in [-0.2, 0) is 0 Å². The van der Waals surface area contributed by atoms with Crippen molar-refractivity contribution in [2.75, 3.05) is 0 Å². The number of carbonyl (C=O) groups is 3. The number of ketones is 1. The van der Waals surface area contributed by atoms with E-state index < -0.39 is 11.9 Å². The fraction of sp³-hybridized carbons (Fsp3) is 0. The van der Waals surface area contributed by atoms with Crippen LogP contribution in [0.4, 0.5) is 0 Å².